The lowest BCUT2D eigenvalue weighted by Crippen LogP contribution is -2.46. The van der Waals surface area contributed by atoms with E-state index < -0.39 is 0 Å². The van der Waals surface area contributed by atoms with Crippen molar-refractivity contribution in [3.8, 4) is 17.0 Å². The van der Waals surface area contributed by atoms with Crippen LogP contribution in [0.2, 0.25) is 0 Å². The molecule has 0 amide bonds. The van der Waals surface area contributed by atoms with E-state index in [1.807, 2.05) is 25.1 Å². The Morgan fingerprint density at radius 2 is 2.10 bits per heavy atom. The minimum Gasteiger partial charge on any atom is -0.493 e. The minimum absolute atomic E-state index is 0.237. The maximum Gasteiger partial charge on any atom is 0.222 e. The van der Waals surface area contributed by atoms with Crippen molar-refractivity contribution in [2.75, 3.05) is 42.7 Å². The monoisotopic (exact) mass is 397 g/mol. The first kappa shape index (κ1) is 19.3. The summed E-state index contributed by atoms with van der Waals surface area (Å²) in [6.07, 6.45) is 2.11. The Bertz CT molecular complexity index is 1000. The summed E-state index contributed by atoms with van der Waals surface area (Å²) in [5, 5.41) is 7.83. The molecule has 1 aromatic carbocycles. The zero-order chi connectivity index (χ0) is 20.4. The third-order valence-corrected chi connectivity index (χ3v) is 5.12. The number of aromatic nitrogens is 4. The second-order valence-corrected chi connectivity index (χ2v) is 7.12. The molecule has 1 aliphatic heterocycles. The van der Waals surface area contributed by atoms with Crippen molar-refractivity contribution in [1.82, 2.24) is 20.2 Å². The van der Waals surface area contributed by atoms with Gasteiger partial charge in [0.2, 0.25) is 5.95 Å². The molecule has 2 aromatic heterocycles. The highest BCUT2D eigenvalue weighted by molar-refractivity contribution is 5.97. The molecule has 0 unspecified atom stereocenters. The van der Waals surface area contributed by atoms with Crippen LogP contribution in [0.3, 0.4) is 0 Å². The third-order valence-electron chi connectivity index (χ3n) is 5.12. The molecule has 0 aliphatic carbocycles. The molecule has 0 bridgehead atoms. The van der Waals surface area contributed by atoms with Crippen molar-refractivity contribution in [2.45, 2.75) is 32.7 Å². The van der Waals surface area contributed by atoms with Crippen LogP contribution < -0.4 is 21.1 Å². The summed E-state index contributed by atoms with van der Waals surface area (Å²) in [4.78, 5) is 11.2. The molecule has 1 aliphatic rings. The van der Waals surface area contributed by atoms with Crippen LogP contribution >= 0.6 is 0 Å². The van der Waals surface area contributed by atoms with Gasteiger partial charge in [-0.15, -0.1) is 0 Å². The van der Waals surface area contributed by atoms with Gasteiger partial charge < -0.3 is 25.8 Å². The number of ether oxygens (including phenoxy) is 2. The van der Waals surface area contributed by atoms with Gasteiger partial charge in [0, 0.05) is 18.2 Å². The van der Waals surface area contributed by atoms with Crippen molar-refractivity contribution in [3.05, 3.63) is 18.2 Å². The molecular weight excluding hydrogens is 370 g/mol. The summed E-state index contributed by atoms with van der Waals surface area (Å²) in [6, 6.07) is 6.13. The zero-order valence-corrected chi connectivity index (χ0v) is 16.8. The molecule has 9 heteroatoms. The number of morpholine rings is 1. The molecule has 4 rings (SSSR count). The van der Waals surface area contributed by atoms with Gasteiger partial charge in [-0.2, -0.15) is 10.1 Å². The lowest BCUT2D eigenvalue weighted by molar-refractivity contribution is 0.0909. The van der Waals surface area contributed by atoms with Gasteiger partial charge in [-0.3, -0.25) is 5.10 Å². The first-order chi connectivity index (χ1) is 14.1. The van der Waals surface area contributed by atoms with Gasteiger partial charge in [-0.25, -0.2) is 4.98 Å². The molecule has 0 saturated carbocycles. The van der Waals surface area contributed by atoms with E-state index in [0.29, 0.717) is 31.4 Å². The van der Waals surface area contributed by atoms with Crippen LogP contribution in [0.1, 0.15) is 26.7 Å². The van der Waals surface area contributed by atoms with Crippen LogP contribution in [0.15, 0.2) is 18.2 Å². The quantitative estimate of drug-likeness (QED) is 0.579. The molecule has 3 aromatic rings. The van der Waals surface area contributed by atoms with E-state index in [1.54, 1.807) is 0 Å². The summed E-state index contributed by atoms with van der Waals surface area (Å²) in [7, 11) is 0. The highest BCUT2D eigenvalue weighted by atomic mass is 16.5. The molecule has 1 atom stereocenters. The smallest absolute Gasteiger partial charge is 0.222 e. The normalized spacial score (nSPS) is 17.0. The van der Waals surface area contributed by atoms with Gasteiger partial charge in [0.15, 0.2) is 5.82 Å². The van der Waals surface area contributed by atoms with Crippen molar-refractivity contribution < 1.29 is 9.47 Å². The topological polar surface area (TPSA) is 128 Å². The predicted octanol–water partition coefficient (Wildman–Crippen LogP) is 2.59. The van der Waals surface area contributed by atoms with E-state index in [1.165, 1.54) is 0 Å². The largest absolute Gasteiger partial charge is 0.493 e. The highest BCUT2D eigenvalue weighted by Gasteiger charge is 2.25. The van der Waals surface area contributed by atoms with Crippen LogP contribution in [0.4, 0.5) is 17.6 Å². The number of hydrogen-bond donors (Lipinski definition) is 3. The first-order valence-corrected chi connectivity index (χ1v) is 10.00. The van der Waals surface area contributed by atoms with E-state index in [2.05, 4.69) is 32.0 Å². The molecule has 154 valence electrons. The number of hydrogen-bond acceptors (Lipinski definition) is 8. The number of rotatable bonds is 6. The minimum atomic E-state index is 0.237. The Kier molecular flexibility index (Phi) is 5.39. The molecule has 0 spiro atoms. The predicted molar refractivity (Wildman–Crippen MR) is 114 cm³/mol. The van der Waals surface area contributed by atoms with Gasteiger partial charge in [0.25, 0.3) is 0 Å². The molecule has 9 nitrogen and oxygen atoms in total. The van der Waals surface area contributed by atoms with Crippen molar-refractivity contribution in [1.29, 1.82) is 0 Å². The number of aromatic amines is 1. The third kappa shape index (κ3) is 3.77. The number of fused-ring (bicyclic) bond motifs is 1. The molecule has 1 saturated heterocycles. The van der Waals surface area contributed by atoms with Gasteiger partial charge in [-0.05, 0) is 25.5 Å². The Morgan fingerprint density at radius 1 is 1.24 bits per heavy atom. The fourth-order valence-corrected chi connectivity index (χ4v) is 3.84. The maximum absolute atomic E-state index is 6.08. The molecule has 29 heavy (non-hydrogen) atoms. The Morgan fingerprint density at radius 3 is 2.90 bits per heavy atom. The zero-order valence-electron chi connectivity index (χ0n) is 16.8. The number of benzene rings is 1. The van der Waals surface area contributed by atoms with Gasteiger partial charge in [0.05, 0.1) is 42.5 Å². The van der Waals surface area contributed by atoms with Crippen LogP contribution in [0, 0.1) is 0 Å². The first-order valence-electron chi connectivity index (χ1n) is 10.00. The number of anilines is 3. The van der Waals surface area contributed by atoms with E-state index in [0.717, 1.165) is 47.4 Å². The fraction of sp³-hybridized carbons (Fsp3) is 0.450. The molecule has 1 fully saturated rings. The van der Waals surface area contributed by atoms with Crippen LogP contribution in [0.5, 0.6) is 5.75 Å². The van der Waals surface area contributed by atoms with Crippen LogP contribution in [0.25, 0.3) is 22.2 Å². The Hall–Kier alpha value is -3.07. The molecule has 0 radical (unpaired) electrons. The number of nitrogen functional groups attached to an aromatic ring is 2. The number of nitrogens with one attached hydrogen (secondary N) is 1. The number of nitrogens with two attached hydrogens (primary N) is 2. The molecular formula is C20H27N7O2. The van der Waals surface area contributed by atoms with Crippen LogP contribution in [-0.2, 0) is 4.74 Å². The number of H-pyrrole nitrogens is 1. The van der Waals surface area contributed by atoms with Gasteiger partial charge in [0.1, 0.15) is 11.6 Å². The lowest BCUT2D eigenvalue weighted by Gasteiger charge is -2.36. The summed E-state index contributed by atoms with van der Waals surface area (Å²) in [5.74, 6) is 2.13. The van der Waals surface area contributed by atoms with Crippen molar-refractivity contribution in [3.63, 3.8) is 0 Å². The fourth-order valence-electron chi connectivity index (χ4n) is 3.84. The van der Waals surface area contributed by atoms with Crippen molar-refractivity contribution in [2.24, 2.45) is 0 Å². The summed E-state index contributed by atoms with van der Waals surface area (Å²) in [6.45, 7) is 6.77. The maximum atomic E-state index is 6.08. The second-order valence-electron chi connectivity index (χ2n) is 7.12. The standard InChI is InChI=1S/C20H27N7O2/c1-3-5-13-11-28-7-6-27(13)17-10-14(23-20(22)24-17)12-8-15-18(19(21)26-25-15)16(9-12)29-4-2/h8-10,13H,3-7,11H2,1-2H3,(H3,21,25,26)(H2,22,23,24)/t13-/m1/s1. The summed E-state index contributed by atoms with van der Waals surface area (Å²) < 4.78 is 11.5. The molecule has 3 heterocycles. The summed E-state index contributed by atoms with van der Waals surface area (Å²) in [5.41, 5.74) is 14.5. The lowest BCUT2D eigenvalue weighted by atomic mass is 10.1. The average Bonchev–Trinajstić information content (AvgIpc) is 3.09. The van der Waals surface area contributed by atoms with Crippen LogP contribution in [-0.4, -0.2) is 52.6 Å². The molecule has 5 N–H and O–H groups in total. The Balaban J connectivity index is 1.78. The van der Waals surface area contributed by atoms with Gasteiger partial charge in [-0.1, -0.05) is 13.3 Å². The summed E-state index contributed by atoms with van der Waals surface area (Å²) >= 11 is 0. The van der Waals surface area contributed by atoms with Gasteiger partial charge >= 0.3 is 0 Å². The highest BCUT2D eigenvalue weighted by Crippen LogP contribution is 2.35. The number of nitrogens with zero attached hydrogens (tertiary/aromatic N) is 4. The van der Waals surface area contributed by atoms with E-state index in [9.17, 15) is 0 Å². The SMILES string of the molecule is CCC[C@@H]1COCCN1c1cc(-c2cc(OCC)c3c(N)n[nH]c3c2)nc(N)n1. The van der Waals surface area contributed by atoms with E-state index in [-0.39, 0.29) is 12.0 Å². The van der Waals surface area contributed by atoms with E-state index >= 15 is 0 Å². The van der Waals surface area contributed by atoms with E-state index in [4.69, 9.17) is 20.9 Å². The van der Waals surface area contributed by atoms with Crippen molar-refractivity contribution >= 4 is 28.5 Å². The second kappa shape index (κ2) is 8.12. The Labute approximate surface area is 169 Å². The average molecular weight is 397 g/mol.